The molecule has 0 aliphatic rings. The van der Waals surface area contributed by atoms with E-state index in [9.17, 15) is 4.79 Å². The van der Waals surface area contributed by atoms with E-state index in [0.717, 1.165) is 12.0 Å². The summed E-state index contributed by atoms with van der Waals surface area (Å²) in [7, 11) is 0. The lowest BCUT2D eigenvalue weighted by Gasteiger charge is -2.13. The van der Waals surface area contributed by atoms with Crippen molar-refractivity contribution in [2.45, 2.75) is 19.4 Å². The van der Waals surface area contributed by atoms with Crippen molar-refractivity contribution in [3.63, 3.8) is 0 Å². The summed E-state index contributed by atoms with van der Waals surface area (Å²) in [6.45, 7) is 0.865. The number of pyridine rings is 1. The Labute approximate surface area is 189 Å². The third-order valence-electron chi connectivity index (χ3n) is 5.28. The smallest absolute Gasteiger partial charge is 0.274 e. The third-order valence-corrected chi connectivity index (χ3v) is 5.28. The molecule has 0 atom stereocenters. The number of halogens is 1. The fourth-order valence-corrected chi connectivity index (χ4v) is 3.56. The largest absolute Gasteiger partial charge is 0.396 e. The average molecular weight is 443 g/mol. The average Bonchev–Trinajstić information content (AvgIpc) is 2.84. The molecule has 0 saturated carbocycles. The van der Waals surface area contributed by atoms with Gasteiger partial charge in [-0.1, -0.05) is 30.3 Å². The van der Waals surface area contributed by atoms with Crippen LogP contribution in [0, 0.1) is 17.3 Å². The second-order valence-corrected chi connectivity index (χ2v) is 7.56. The molecule has 8 heteroatoms. The number of aliphatic hydroxyl groups is 1. The van der Waals surface area contributed by atoms with Gasteiger partial charge in [0.1, 0.15) is 11.5 Å². The zero-order chi connectivity index (χ0) is 23.2. The van der Waals surface area contributed by atoms with Gasteiger partial charge in [-0.2, -0.15) is 14.8 Å². The molecule has 7 nitrogen and oxygen atoms in total. The van der Waals surface area contributed by atoms with Crippen molar-refractivity contribution in [1.29, 1.82) is 5.26 Å². The zero-order valence-electron chi connectivity index (χ0n) is 17.8. The molecule has 0 spiro atoms. The van der Waals surface area contributed by atoms with E-state index in [4.69, 9.17) is 10.4 Å². The van der Waals surface area contributed by atoms with Crippen molar-refractivity contribution in [2.24, 2.45) is 0 Å². The number of anilines is 1. The molecular formula is C25H22FN5O2. The van der Waals surface area contributed by atoms with Crippen LogP contribution < -0.4 is 10.9 Å². The molecule has 2 heterocycles. The first-order chi connectivity index (χ1) is 16.1. The minimum Gasteiger partial charge on any atom is -0.396 e. The maximum absolute atomic E-state index is 15.0. The van der Waals surface area contributed by atoms with Gasteiger partial charge in [-0.25, -0.2) is 9.67 Å². The molecule has 0 radical (unpaired) electrons. The number of unbranched alkanes of at least 4 members (excludes halogenated alkanes) is 1. The van der Waals surface area contributed by atoms with Crippen LogP contribution in [-0.4, -0.2) is 33.0 Å². The topological polar surface area (TPSA) is 104 Å². The van der Waals surface area contributed by atoms with E-state index in [-0.39, 0.29) is 24.3 Å². The zero-order valence-corrected chi connectivity index (χ0v) is 17.8. The van der Waals surface area contributed by atoms with Gasteiger partial charge in [-0.05, 0) is 48.7 Å². The molecule has 166 valence electrons. The molecule has 2 N–H and O–H groups in total. The Morgan fingerprint density at radius 1 is 1.03 bits per heavy atom. The van der Waals surface area contributed by atoms with Crippen molar-refractivity contribution in [3.8, 4) is 17.3 Å². The Hall–Kier alpha value is -4.09. The molecule has 33 heavy (non-hydrogen) atoms. The summed E-state index contributed by atoms with van der Waals surface area (Å²) >= 11 is 0. The lowest BCUT2D eigenvalue weighted by Crippen LogP contribution is -2.24. The monoisotopic (exact) mass is 443 g/mol. The highest BCUT2D eigenvalue weighted by molar-refractivity contribution is 5.93. The van der Waals surface area contributed by atoms with Gasteiger partial charge in [0, 0.05) is 18.5 Å². The lowest BCUT2D eigenvalue weighted by molar-refractivity contribution is 0.286. The molecule has 2 aromatic heterocycles. The molecule has 4 rings (SSSR count). The van der Waals surface area contributed by atoms with E-state index >= 15 is 4.39 Å². The van der Waals surface area contributed by atoms with Crippen molar-refractivity contribution in [2.75, 3.05) is 18.5 Å². The van der Waals surface area contributed by atoms with Crippen molar-refractivity contribution < 1.29 is 9.50 Å². The van der Waals surface area contributed by atoms with Crippen molar-refractivity contribution in [1.82, 2.24) is 14.8 Å². The van der Waals surface area contributed by atoms with E-state index in [0.29, 0.717) is 40.8 Å². The van der Waals surface area contributed by atoms with Gasteiger partial charge < -0.3 is 10.4 Å². The molecule has 0 aliphatic heterocycles. The Morgan fingerprint density at radius 2 is 1.79 bits per heavy atom. The molecule has 4 aromatic rings. The number of rotatable bonds is 8. The number of nitrogens with zero attached hydrogens (tertiary/aromatic N) is 4. The van der Waals surface area contributed by atoms with Gasteiger partial charge >= 0.3 is 0 Å². The standard InChI is InChI=1S/C25H22FN5O2/c26-24-21(11-12-22(29-24)28-13-3-4-14-32)23-19-5-1-2-6-20(19)25(33)31(30-23)16-18-9-7-17(15-27)8-10-18/h1-2,5-12,32H,3-4,13-14,16H2,(H,28,29). The van der Waals surface area contributed by atoms with Crippen LogP contribution in [0.15, 0.2) is 65.5 Å². The van der Waals surface area contributed by atoms with Gasteiger partial charge in [0.25, 0.3) is 5.56 Å². The minimum atomic E-state index is -0.691. The summed E-state index contributed by atoms with van der Waals surface area (Å²) < 4.78 is 16.3. The van der Waals surface area contributed by atoms with Crippen LogP contribution in [0.5, 0.6) is 0 Å². The number of nitrogens with one attached hydrogen (secondary N) is 1. The van der Waals surface area contributed by atoms with Crippen LogP contribution in [0.3, 0.4) is 0 Å². The fraction of sp³-hybridized carbons (Fsp3) is 0.200. The Bertz CT molecular complexity index is 1380. The molecule has 0 amide bonds. The molecule has 0 fully saturated rings. The van der Waals surface area contributed by atoms with Crippen molar-refractivity contribution >= 4 is 16.6 Å². The highest BCUT2D eigenvalue weighted by atomic mass is 19.1. The highest BCUT2D eigenvalue weighted by Crippen LogP contribution is 2.27. The van der Waals surface area contributed by atoms with Gasteiger partial charge in [0.2, 0.25) is 5.95 Å². The molecule has 0 saturated heterocycles. The van der Waals surface area contributed by atoms with Crippen molar-refractivity contribution in [3.05, 3.63) is 88.1 Å². The Kier molecular flexibility index (Phi) is 6.72. The first-order valence-corrected chi connectivity index (χ1v) is 10.6. The van der Waals surface area contributed by atoms with Gasteiger partial charge in [0.15, 0.2) is 0 Å². The second-order valence-electron chi connectivity index (χ2n) is 7.56. The maximum Gasteiger partial charge on any atom is 0.274 e. The highest BCUT2D eigenvalue weighted by Gasteiger charge is 2.16. The predicted molar refractivity (Wildman–Crippen MR) is 124 cm³/mol. The fourth-order valence-electron chi connectivity index (χ4n) is 3.56. The number of nitriles is 1. The molecule has 0 aliphatic carbocycles. The number of fused-ring (bicyclic) bond motifs is 1. The number of benzene rings is 2. The normalized spacial score (nSPS) is 10.8. The first-order valence-electron chi connectivity index (χ1n) is 10.6. The second kappa shape index (κ2) is 10.0. The summed E-state index contributed by atoms with van der Waals surface area (Å²) in [5, 5.41) is 26.4. The van der Waals surface area contributed by atoms with Gasteiger partial charge in [0.05, 0.1) is 29.1 Å². The Balaban J connectivity index is 1.73. The molecule has 0 unspecified atom stereocenters. The van der Waals surface area contributed by atoms with E-state index < -0.39 is 5.95 Å². The maximum atomic E-state index is 15.0. The molecule has 0 bridgehead atoms. The van der Waals surface area contributed by atoms with E-state index in [1.165, 1.54) is 4.68 Å². The first kappa shape index (κ1) is 22.1. The van der Waals surface area contributed by atoms with E-state index in [1.54, 1.807) is 60.7 Å². The predicted octanol–water partition coefficient (Wildman–Crippen LogP) is 3.70. The van der Waals surface area contributed by atoms with Crippen LogP contribution in [-0.2, 0) is 6.54 Å². The Morgan fingerprint density at radius 3 is 2.48 bits per heavy atom. The van der Waals surface area contributed by atoms with E-state index in [1.807, 2.05) is 0 Å². The van der Waals surface area contributed by atoms with Crippen LogP contribution in [0.1, 0.15) is 24.0 Å². The number of hydrogen-bond donors (Lipinski definition) is 2. The van der Waals surface area contributed by atoms with Gasteiger partial charge in [-0.15, -0.1) is 0 Å². The number of aromatic nitrogens is 3. The SMILES string of the molecule is N#Cc1ccc(Cn2nc(-c3ccc(NCCCCO)nc3F)c3ccccc3c2=O)cc1. The summed E-state index contributed by atoms with van der Waals surface area (Å²) in [6, 6.07) is 19.2. The lowest BCUT2D eigenvalue weighted by atomic mass is 10.1. The minimum absolute atomic E-state index is 0.110. The summed E-state index contributed by atoms with van der Waals surface area (Å²) in [6.07, 6.45) is 1.40. The molecular weight excluding hydrogens is 421 g/mol. The van der Waals surface area contributed by atoms with Crippen LogP contribution in [0.25, 0.3) is 22.0 Å². The van der Waals surface area contributed by atoms with Crippen LogP contribution >= 0.6 is 0 Å². The molecule has 2 aromatic carbocycles. The van der Waals surface area contributed by atoms with Crippen LogP contribution in [0.4, 0.5) is 10.2 Å². The third kappa shape index (κ3) is 4.89. The summed E-state index contributed by atoms with van der Waals surface area (Å²) in [5.41, 5.74) is 1.56. The number of aliphatic hydroxyl groups excluding tert-OH is 1. The summed E-state index contributed by atoms with van der Waals surface area (Å²) in [5.74, 6) is -0.298. The van der Waals surface area contributed by atoms with Gasteiger partial charge in [-0.3, -0.25) is 4.79 Å². The van der Waals surface area contributed by atoms with Crippen LogP contribution in [0.2, 0.25) is 0 Å². The summed E-state index contributed by atoms with van der Waals surface area (Å²) in [4.78, 5) is 17.1. The number of hydrogen-bond acceptors (Lipinski definition) is 6. The quantitative estimate of drug-likeness (QED) is 0.318. The van der Waals surface area contributed by atoms with E-state index in [2.05, 4.69) is 21.5 Å².